The first-order valence-electron chi connectivity index (χ1n) is 8.85. The van der Waals surface area contributed by atoms with Crippen LogP contribution in [0.4, 0.5) is 0 Å². The molecule has 0 aromatic heterocycles. The molecular weight excluding hydrogens is 302 g/mol. The smallest absolute Gasteiger partial charge is 0.246 e. The first-order valence-corrected chi connectivity index (χ1v) is 8.85. The molecule has 0 aliphatic heterocycles. The average Bonchev–Trinajstić information content (AvgIpc) is 2.57. The van der Waals surface area contributed by atoms with Crippen molar-refractivity contribution < 1.29 is 9.72 Å². The zero-order valence-corrected chi connectivity index (χ0v) is 14.8. The van der Waals surface area contributed by atoms with Gasteiger partial charge in [0.05, 0.1) is 11.3 Å². The Kier molecular flexibility index (Phi) is 16.0. The third-order valence-corrected chi connectivity index (χ3v) is 3.44. The van der Waals surface area contributed by atoms with Crippen LogP contribution in [-0.2, 0) is 4.79 Å². The number of unbranched alkanes of at least 4 members (excludes halogenated alkanes) is 5. The Balaban J connectivity index is 3.89. The fourth-order valence-electron chi connectivity index (χ4n) is 2.05. The molecule has 0 heterocycles. The van der Waals surface area contributed by atoms with E-state index in [4.69, 9.17) is 0 Å². The molecule has 0 aromatic rings. The summed E-state index contributed by atoms with van der Waals surface area (Å²) in [6.07, 6.45) is 24.1. The number of allylic oxidation sites excluding steroid dienone is 7. The van der Waals surface area contributed by atoms with Crippen LogP contribution in [0.25, 0.3) is 0 Å². The molecule has 0 aliphatic rings. The molecule has 1 radical (unpaired) electrons. The number of carbonyl (C=O) groups excluding carboxylic acids is 1. The Bertz CT molecular complexity index is 448. The summed E-state index contributed by atoms with van der Waals surface area (Å²) in [5.41, 5.74) is 0.293. The average molecular weight is 332 g/mol. The molecule has 0 rings (SSSR count). The Morgan fingerprint density at radius 1 is 0.958 bits per heavy atom. The summed E-state index contributed by atoms with van der Waals surface area (Å²) < 4.78 is 0. The zero-order valence-electron chi connectivity index (χ0n) is 14.8. The Morgan fingerprint density at radius 3 is 2.25 bits per heavy atom. The number of rotatable bonds is 15. The number of hydrogen-bond acceptors (Lipinski definition) is 3. The number of nitrogens with zero attached hydrogens (tertiary/aromatic N) is 1. The van der Waals surface area contributed by atoms with Crippen molar-refractivity contribution in [3.63, 3.8) is 0 Å². The van der Waals surface area contributed by atoms with E-state index in [2.05, 4.69) is 31.2 Å². The maximum absolute atomic E-state index is 11.0. The van der Waals surface area contributed by atoms with Gasteiger partial charge in [-0.05, 0) is 44.6 Å². The molecule has 0 aliphatic carbocycles. The van der Waals surface area contributed by atoms with E-state index in [-0.39, 0.29) is 4.92 Å². The van der Waals surface area contributed by atoms with Crippen molar-refractivity contribution in [2.45, 2.75) is 71.1 Å². The molecule has 0 atom stereocenters. The van der Waals surface area contributed by atoms with Crippen molar-refractivity contribution in [3.8, 4) is 0 Å². The van der Waals surface area contributed by atoms with E-state index < -0.39 is 0 Å². The number of nitro groups is 1. The van der Waals surface area contributed by atoms with Crippen molar-refractivity contribution in [1.82, 2.24) is 0 Å². The SMILES string of the molecule is CCCCC/C=C(\C/C=C\C/C=C\C/C=C\CCC[C]=O)[N+](=O)[O-]. The molecule has 0 unspecified atom stereocenters. The van der Waals surface area contributed by atoms with Gasteiger partial charge in [-0.3, -0.25) is 14.9 Å². The van der Waals surface area contributed by atoms with Gasteiger partial charge in [-0.2, -0.15) is 0 Å². The highest BCUT2D eigenvalue weighted by molar-refractivity contribution is 5.50. The van der Waals surface area contributed by atoms with Gasteiger partial charge in [0.25, 0.3) is 0 Å². The molecule has 0 amide bonds. The predicted molar refractivity (Wildman–Crippen MR) is 100 cm³/mol. The van der Waals surface area contributed by atoms with Crippen LogP contribution < -0.4 is 0 Å². The second kappa shape index (κ2) is 17.4. The maximum Gasteiger partial charge on any atom is 0.246 e. The van der Waals surface area contributed by atoms with Crippen LogP contribution in [0, 0.1) is 10.1 Å². The highest BCUT2D eigenvalue weighted by Crippen LogP contribution is 2.09. The van der Waals surface area contributed by atoms with Crippen molar-refractivity contribution in [1.29, 1.82) is 0 Å². The predicted octanol–water partition coefficient (Wildman–Crippen LogP) is 5.85. The fraction of sp³-hybridized carbons (Fsp3) is 0.550. The molecule has 133 valence electrons. The van der Waals surface area contributed by atoms with Crippen molar-refractivity contribution >= 4 is 6.29 Å². The molecule has 0 fully saturated rings. The van der Waals surface area contributed by atoms with Gasteiger partial charge < -0.3 is 0 Å². The van der Waals surface area contributed by atoms with Gasteiger partial charge in [0.1, 0.15) is 0 Å². The highest BCUT2D eigenvalue weighted by Gasteiger charge is 2.06. The van der Waals surface area contributed by atoms with Crippen LogP contribution in [0.3, 0.4) is 0 Å². The second-order valence-electron chi connectivity index (χ2n) is 5.57. The Labute approximate surface area is 146 Å². The summed E-state index contributed by atoms with van der Waals surface area (Å²) in [5, 5.41) is 11.0. The zero-order chi connectivity index (χ0) is 17.9. The molecule has 0 spiro atoms. The van der Waals surface area contributed by atoms with E-state index >= 15 is 0 Å². The summed E-state index contributed by atoms with van der Waals surface area (Å²) >= 11 is 0. The molecule has 4 heteroatoms. The minimum atomic E-state index is -0.278. The molecule has 0 saturated carbocycles. The molecule has 0 N–H and O–H groups in total. The van der Waals surface area contributed by atoms with Crippen LogP contribution in [0.5, 0.6) is 0 Å². The van der Waals surface area contributed by atoms with Crippen LogP contribution in [0.15, 0.2) is 48.2 Å². The summed E-state index contributed by atoms with van der Waals surface area (Å²) in [7, 11) is 0. The Morgan fingerprint density at radius 2 is 1.62 bits per heavy atom. The lowest BCUT2D eigenvalue weighted by molar-refractivity contribution is -0.427. The van der Waals surface area contributed by atoms with Crippen LogP contribution >= 0.6 is 0 Å². The van der Waals surface area contributed by atoms with Crippen LogP contribution in [-0.4, -0.2) is 11.2 Å². The van der Waals surface area contributed by atoms with Gasteiger partial charge in [0.2, 0.25) is 5.70 Å². The van der Waals surface area contributed by atoms with E-state index in [9.17, 15) is 14.9 Å². The summed E-state index contributed by atoms with van der Waals surface area (Å²) in [4.78, 5) is 20.7. The minimum Gasteiger partial charge on any atom is -0.291 e. The molecule has 0 saturated heterocycles. The molecule has 24 heavy (non-hydrogen) atoms. The van der Waals surface area contributed by atoms with Crippen LogP contribution in [0.2, 0.25) is 0 Å². The van der Waals surface area contributed by atoms with E-state index in [1.165, 1.54) is 0 Å². The minimum absolute atomic E-state index is 0.278. The van der Waals surface area contributed by atoms with Crippen molar-refractivity contribution in [3.05, 3.63) is 58.3 Å². The lowest BCUT2D eigenvalue weighted by atomic mass is 10.1. The third kappa shape index (κ3) is 14.9. The van der Waals surface area contributed by atoms with E-state index in [0.29, 0.717) is 18.5 Å². The van der Waals surface area contributed by atoms with E-state index in [0.717, 1.165) is 51.4 Å². The normalized spacial score (nSPS) is 12.6. The lowest BCUT2D eigenvalue weighted by Gasteiger charge is -1.95. The molecule has 0 bridgehead atoms. The fourth-order valence-corrected chi connectivity index (χ4v) is 2.05. The summed E-state index contributed by atoms with van der Waals surface area (Å²) in [6, 6.07) is 0. The lowest BCUT2D eigenvalue weighted by Crippen LogP contribution is -1.97. The Hall–Kier alpha value is -1.97. The van der Waals surface area contributed by atoms with Gasteiger partial charge in [-0.1, -0.05) is 56.2 Å². The van der Waals surface area contributed by atoms with Gasteiger partial charge in [-0.25, -0.2) is 0 Å². The summed E-state index contributed by atoms with van der Waals surface area (Å²) in [6.45, 7) is 2.12. The molecular formula is C20H30NO3. The first kappa shape index (κ1) is 22.0. The van der Waals surface area contributed by atoms with Gasteiger partial charge in [0.15, 0.2) is 6.29 Å². The maximum atomic E-state index is 11.0. The number of hydrogen-bond donors (Lipinski definition) is 0. The monoisotopic (exact) mass is 332 g/mol. The molecule has 4 nitrogen and oxygen atoms in total. The quantitative estimate of drug-likeness (QED) is 0.164. The van der Waals surface area contributed by atoms with Gasteiger partial charge in [-0.15, -0.1) is 0 Å². The largest absolute Gasteiger partial charge is 0.291 e. The summed E-state index contributed by atoms with van der Waals surface area (Å²) in [5.74, 6) is 0. The third-order valence-electron chi connectivity index (χ3n) is 3.44. The standard InChI is InChI=1S/C20H30NO3/c1-2-3-4-14-17-20(21(23)24)18-15-12-10-8-6-5-7-9-11-13-16-19-22/h6-9,12,15,17H,2-5,10-11,13-14,16,18H2,1H3/b8-6-,9-7-,15-12-,20-17+. The first-order chi connectivity index (χ1) is 11.7. The highest BCUT2D eigenvalue weighted by atomic mass is 16.6. The molecule has 0 aromatic carbocycles. The van der Waals surface area contributed by atoms with E-state index in [1.807, 2.05) is 18.4 Å². The van der Waals surface area contributed by atoms with Crippen LogP contribution in [0.1, 0.15) is 71.1 Å². The van der Waals surface area contributed by atoms with Crippen molar-refractivity contribution in [2.75, 3.05) is 0 Å². The van der Waals surface area contributed by atoms with Crippen molar-refractivity contribution in [2.24, 2.45) is 0 Å². The van der Waals surface area contributed by atoms with E-state index in [1.54, 1.807) is 6.08 Å². The second-order valence-corrected chi connectivity index (χ2v) is 5.57. The van der Waals surface area contributed by atoms with Gasteiger partial charge in [0, 0.05) is 6.42 Å². The van der Waals surface area contributed by atoms with Gasteiger partial charge >= 0.3 is 0 Å². The topological polar surface area (TPSA) is 60.2 Å².